The number of ether oxygens (including phenoxy) is 1. The molecule has 2 aromatic carbocycles. The molecular formula is C21H26N2O2. The van der Waals surface area contributed by atoms with Crippen molar-refractivity contribution in [1.82, 2.24) is 9.80 Å². The van der Waals surface area contributed by atoms with Crippen LogP contribution in [0.3, 0.4) is 0 Å². The lowest BCUT2D eigenvalue weighted by Gasteiger charge is -2.34. The Morgan fingerprint density at radius 3 is 2.32 bits per heavy atom. The van der Waals surface area contributed by atoms with Crippen LogP contribution in [-0.2, 0) is 11.3 Å². The minimum absolute atomic E-state index is 0.187. The Bertz CT molecular complexity index is 662. The molecule has 0 N–H and O–H groups in total. The Morgan fingerprint density at radius 1 is 0.960 bits per heavy atom. The van der Waals surface area contributed by atoms with Crippen molar-refractivity contribution < 1.29 is 9.53 Å². The first-order valence-corrected chi connectivity index (χ1v) is 8.94. The largest absolute Gasteiger partial charge is 0.493 e. The SMILES string of the molecule is Cc1ccc(OCCC(=O)N2CCN(Cc3ccccc3)CC2)cc1. The molecule has 0 atom stereocenters. The summed E-state index contributed by atoms with van der Waals surface area (Å²) in [4.78, 5) is 16.7. The summed E-state index contributed by atoms with van der Waals surface area (Å²) in [5, 5.41) is 0. The Kier molecular flexibility index (Phi) is 6.07. The molecule has 3 rings (SSSR count). The number of rotatable bonds is 6. The summed E-state index contributed by atoms with van der Waals surface area (Å²) in [5.74, 6) is 1.01. The highest BCUT2D eigenvalue weighted by molar-refractivity contribution is 5.76. The molecule has 0 radical (unpaired) electrons. The lowest BCUT2D eigenvalue weighted by molar-refractivity contribution is -0.133. The first kappa shape index (κ1) is 17.5. The fraction of sp³-hybridized carbons (Fsp3) is 0.381. The average Bonchev–Trinajstić information content (AvgIpc) is 2.65. The van der Waals surface area contributed by atoms with Crippen LogP contribution in [0.15, 0.2) is 54.6 Å². The molecule has 4 heteroatoms. The molecule has 1 saturated heterocycles. The van der Waals surface area contributed by atoms with E-state index in [0.29, 0.717) is 13.0 Å². The van der Waals surface area contributed by atoms with Crippen LogP contribution in [0.1, 0.15) is 17.5 Å². The van der Waals surface area contributed by atoms with E-state index in [9.17, 15) is 4.79 Å². The van der Waals surface area contributed by atoms with E-state index < -0.39 is 0 Å². The fourth-order valence-electron chi connectivity index (χ4n) is 3.05. The quantitative estimate of drug-likeness (QED) is 0.811. The summed E-state index contributed by atoms with van der Waals surface area (Å²) < 4.78 is 5.66. The van der Waals surface area contributed by atoms with Crippen molar-refractivity contribution in [2.75, 3.05) is 32.8 Å². The highest BCUT2D eigenvalue weighted by Gasteiger charge is 2.20. The van der Waals surface area contributed by atoms with Crippen molar-refractivity contribution in [2.24, 2.45) is 0 Å². The summed E-state index contributed by atoms with van der Waals surface area (Å²) >= 11 is 0. The van der Waals surface area contributed by atoms with Crippen LogP contribution in [-0.4, -0.2) is 48.5 Å². The second-order valence-corrected chi connectivity index (χ2v) is 6.55. The van der Waals surface area contributed by atoms with E-state index in [-0.39, 0.29) is 5.91 Å². The molecule has 1 aliphatic heterocycles. The number of hydrogen-bond donors (Lipinski definition) is 0. The summed E-state index contributed by atoms with van der Waals surface area (Å²) in [5.41, 5.74) is 2.53. The van der Waals surface area contributed by atoms with Gasteiger partial charge in [-0.2, -0.15) is 0 Å². The number of carbonyl (C=O) groups is 1. The van der Waals surface area contributed by atoms with Gasteiger partial charge in [0.2, 0.25) is 5.91 Å². The predicted octanol–water partition coefficient (Wildman–Crippen LogP) is 3.11. The first-order chi connectivity index (χ1) is 12.2. The molecule has 0 aliphatic carbocycles. The normalized spacial score (nSPS) is 15.2. The fourth-order valence-corrected chi connectivity index (χ4v) is 3.05. The van der Waals surface area contributed by atoms with Gasteiger partial charge >= 0.3 is 0 Å². The maximum absolute atomic E-state index is 12.3. The topological polar surface area (TPSA) is 32.8 Å². The van der Waals surface area contributed by atoms with Crippen molar-refractivity contribution in [2.45, 2.75) is 19.9 Å². The van der Waals surface area contributed by atoms with Gasteiger partial charge in [-0.3, -0.25) is 9.69 Å². The van der Waals surface area contributed by atoms with E-state index in [2.05, 4.69) is 29.2 Å². The van der Waals surface area contributed by atoms with Gasteiger partial charge in [0.1, 0.15) is 5.75 Å². The zero-order valence-corrected chi connectivity index (χ0v) is 14.9. The van der Waals surface area contributed by atoms with E-state index in [0.717, 1.165) is 38.5 Å². The van der Waals surface area contributed by atoms with Gasteiger partial charge in [0, 0.05) is 32.7 Å². The molecule has 0 saturated carbocycles. The van der Waals surface area contributed by atoms with Crippen LogP contribution in [0.2, 0.25) is 0 Å². The maximum Gasteiger partial charge on any atom is 0.226 e. The maximum atomic E-state index is 12.3. The summed E-state index contributed by atoms with van der Waals surface area (Å²) in [6.45, 7) is 6.90. The van der Waals surface area contributed by atoms with Gasteiger partial charge in [-0.15, -0.1) is 0 Å². The van der Waals surface area contributed by atoms with Gasteiger partial charge in [-0.05, 0) is 24.6 Å². The zero-order valence-electron chi connectivity index (χ0n) is 14.9. The van der Waals surface area contributed by atoms with Crippen LogP contribution in [0.4, 0.5) is 0 Å². The second-order valence-electron chi connectivity index (χ2n) is 6.55. The van der Waals surface area contributed by atoms with Crippen molar-refractivity contribution in [3.63, 3.8) is 0 Å². The minimum Gasteiger partial charge on any atom is -0.493 e. The van der Waals surface area contributed by atoms with Crippen molar-refractivity contribution in [3.05, 3.63) is 65.7 Å². The summed E-state index contributed by atoms with van der Waals surface area (Å²) in [6, 6.07) is 18.4. The molecule has 132 valence electrons. The number of nitrogens with zero attached hydrogens (tertiary/aromatic N) is 2. The molecule has 0 aromatic heterocycles. The van der Waals surface area contributed by atoms with Crippen LogP contribution < -0.4 is 4.74 Å². The van der Waals surface area contributed by atoms with Crippen LogP contribution >= 0.6 is 0 Å². The Morgan fingerprint density at radius 2 is 1.64 bits per heavy atom. The number of aryl methyl sites for hydroxylation is 1. The van der Waals surface area contributed by atoms with E-state index in [1.807, 2.05) is 42.2 Å². The van der Waals surface area contributed by atoms with Crippen LogP contribution in [0, 0.1) is 6.92 Å². The van der Waals surface area contributed by atoms with E-state index in [1.54, 1.807) is 0 Å². The van der Waals surface area contributed by atoms with E-state index in [4.69, 9.17) is 4.74 Å². The monoisotopic (exact) mass is 338 g/mol. The Balaban J connectivity index is 1.37. The van der Waals surface area contributed by atoms with Gasteiger partial charge in [-0.25, -0.2) is 0 Å². The number of hydrogen-bond acceptors (Lipinski definition) is 3. The highest BCUT2D eigenvalue weighted by atomic mass is 16.5. The molecule has 1 heterocycles. The van der Waals surface area contributed by atoms with Crippen molar-refractivity contribution in [3.8, 4) is 5.75 Å². The second kappa shape index (κ2) is 8.67. The smallest absolute Gasteiger partial charge is 0.226 e. The lowest BCUT2D eigenvalue weighted by atomic mass is 10.2. The molecule has 0 spiro atoms. The Labute approximate surface area is 150 Å². The van der Waals surface area contributed by atoms with Gasteiger partial charge in [-0.1, -0.05) is 48.0 Å². The first-order valence-electron chi connectivity index (χ1n) is 8.94. The summed E-state index contributed by atoms with van der Waals surface area (Å²) in [6.07, 6.45) is 0.437. The number of benzene rings is 2. The van der Waals surface area contributed by atoms with Crippen molar-refractivity contribution in [1.29, 1.82) is 0 Å². The molecule has 0 unspecified atom stereocenters. The van der Waals surface area contributed by atoms with E-state index >= 15 is 0 Å². The van der Waals surface area contributed by atoms with E-state index in [1.165, 1.54) is 11.1 Å². The average molecular weight is 338 g/mol. The zero-order chi connectivity index (χ0) is 17.5. The third-order valence-corrected chi connectivity index (χ3v) is 4.58. The molecular weight excluding hydrogens is 312 g/mol. The van der Waals surface area contributed by atoms with Crippen LogP contribution in [0.5, 0.6) is 5.75 Å². The lowest BCUT2D eigenvalue weighted by Crippen LogP contribution is -2.48. The molecule has 1 fully saturated rings. The molecule has 2 aromatic rings. The molecule has 0 bridgehead atoms. The number of carbonyl (C=O) groups excluding carboxylic acids is 1. The van der Waals surface area contributed by atoms with Crippen molar-refractivity contribution >= 4 is 5.91 Å². The Hall–Kier alpha value is -2.33. The number of amides is 1. The van der Waals surface area contributed by atoms with Crippen LogP contribution in [0.25, 0.3) is 0 Å². The van der Waals surface area contributed by atoms with Gasteiger partial charge in [0.15, 0.2) is 0 Å². The predicted molar refractivity (Wildman–Crippen MR) is 99.6 cm³/mol. The standard InChI is InChI=1S/C21H26N2O2/c1-18-7-9-20(10-8-18)25-16-11-21(24)23-14-12-22(13-15-23)17-19-5-3-2-4-6-19/h2-10H,11-17H2,1H3. The van der Waals surface area contributed by atoms with Gasteiger partial charge in [0.25, 0.3) is 0 Å². The third-order valence-electron chi connectivity index (χ3n) is 4.58. The molecule has 25 heavy (non-hydrogen) atoms. The highest BCUT2D eigenvalue weighted by Crippen LogP contribution is 2.13. The minimum atomic E-state index is 0.187. The number of piperazine rings is 1. The third kappa shape index (κ3) is 5.33. The molecule has 1 aliphatic rings. The summed E-state index contributed by atoms with van der Waals surface area (Å²) in [7, 11) is 0. The van der Waals surface area contributed by atoms with Gasteiger partial charge < -0.3 is 9.64 Å². The molecule has 4 nitrogen and oxygen atoms in total. The molecule has 1 amide bonds. The van der Waals surface area contributed by atoms with Gasteiger partial charge in [0.05, 0.1) is 13.0 Å².